The monoisotopic (exact) mass is 322 g/mol. The quantitative estimate of drug-likeness (QED) is 0.556. The highest BCUT2D eigenvalue weighted by molar-refractivity contribution is 5.79. The van der Waals surface area contributed by atoms with Gasteiger partial charge >= 0.3 is 0 Å². The highest BCUT2D eigenvalue weighted by atomic mass is 15.2. The fourth-order valence-corrected chi connectivity index (χ4v) is 2.53. The summed E-state index contributed by atoms with van der Waals surface area (Å²) >= 11 is 0. The van der Waals surface area contributed by atoms with Crippen LogP contribution in [0.4, 0.5) is 0 Å². The van der Waals surface area contributed by atoms with E-state index in [-0.39, 0.29) is 0 Å². The van der Waals surface area contributed by atoms with E-state index in [1.54, 1.807) is 7.05 Å². The molecule has 6 nitrogen and oxygen atoms in total. The average molecular weight is 322 g/mol. The fourth-order valence-electron chi connectivity index (χ4n) is 2.53. The Morgan fingerprint density at radius 3 is 2.79 bits per heavy atom. The van der Waals surface area contributed by atoms with Crippen molar-refractivity contribution in [3.05, 3.63) is 65.9 Å². The van der Waals surface area contributed by atoms with Gasteiger partial charge in [-0.2, -0.15) is 0 Å². The molecule has 0 saturated heterocycles. The Morgan fingerprint density at radius 1 is 1.12 bits per heavy atom. The van der Waals surface area contributed by atoms with Gasteiger partial charge in [-0.3, -0.25) is 9.98 Å². The SMILES string of the molecule is CN=C(NCCc1ccccn1)NCc1cn2c(C)cccc2n1. The molecule has 2 N–H and O–H groups in total. The summed E-state index contributed by atoms with van der Waals surface area (Å²) in [5.74, 6) is 0.764. The molecule has 0 spiro atoms. The second kappa shape index (κ2) is 7.59. The summed E-state index contributed by atoms with van der Waals surface area (Å²) in [6.07, 6.45) is 4.72. The lowest BCUT2D eigenvalue weighted by atomic mass is 10.3. The van der Waals surface area contributed by atoms with Gasteiger partial charge in [-0.15, -0.1) is 0 Å². The molecule has 0 bridgehead atoms. The van der Waals surface area contributed by atoms with Crippen LogP contribution in [-0.4, -0.2) is 33.9 Å². The number of rotatable bonds is 5. The van der Waals surface area contributed by atoms with E-state index in [0.29, 0.717) is 6.54 Å². The number of aliphatic imine (C=N–C) groups is 1. The maximum atomic E-state index is 4.62. The lowest BCUT2D eigenvalue weighted by Crippen LogP contribution is -2.38. The van der Waals surface area contributed by atoms with E-state index < -0.39 is 0 Å². The minimum atomic E-state index is 0.629. The van der Waals surface area contributed by atoms with Gasteiger partial charge in [-0.05, 0) is 31.2 Å². The lowest BCUT2D eigenvalue weighted by molar-refractivity contribution is 0.777. The van der Waals surface area contributed by atoms with E-state index in [9.17, 15) is 0 Å². The standard InChI is InChI=1S/C18H22N6/c1-14-6-5-8-17-23-16(13-24(14)17)12-22-18(19-2)21-11-9-15-7-3-4-10-20-15/h3-8,10,13H,9,11-12H2,1-2H3,(H2,19,21,22). The molecule has 3 aromatic rings. The third-order valence-corrected chi connectivity index (χ3v) is 3.81. The average Bonchev–Trinajstić information content (AvgIpc) is 3.03. The number of fused-ring (bicyclic) bond motifs is 1. The van der Waals surface area contributed by atoms with E-state index >= 15 is 0 Å². The number of aryl methyl sites for hydroxylation is 1. The van der Waals surface area contributed by atoms with Gasteiger partial charge in [0.25, 0.3) is 0 Å². The summed E-state index contributed by atoms with van der Waals surface area (Å²) in [6, 6.07) is 12.1. The third kappa shape index (κ3) is 3.90. The van der Waals surface area contributed by atoms with Crippen LogP contribution in [0.5, 0.6) is 0 Å². The molecule has 0 aliphatic carbocycles. The molecule has 0 amide bonds. The van der Waals surface area contributed by atoms with Crippen molar-refractivity contribution in [2.75, 3.05) is 13.6 Å². The van der Waals surface area contributed by atoms with E-state index in [1.807, 2.05) is 36.5 Å². The number of hydrogen-bond donors (Lipinski definition) is 2. The molecular weight excluding hydrogens is 300 g/mol. The van der Waals surface area contributed by atoms with Crippen LogP contribution >= 0.6 is 0 Å². The first-order chi connectivity index (χ1) is 11.8. The molecule has 0 fully saturated rings. The topological polar surface area (TPSA) is 66.6 Å². The molecule has 0 radical (unpaired) electrons. The van der Waals surface area contributed by atoms with Crippen LogP contribution in [0, 0.1) is 6.92 Å². The van der Waals surface area contributed by atoms with Crippen LogP contribution in [0.2, 0.25) is 0 Å². The molecule has 124 valence electrons. The zero-order chi connectivity index (χ0) is 16.8. The smallest absolute Gasteiger partial charge is 0.191 e. The van der Waals surface area contributed by atoms with Crippen LogP contribution in [0.1, 0.15) is 17.1 Å². The van der Waals surface area contributed by atoms with Crippen molar-refractivity contribution in [2.45, 2.75) is 19.9 Å². The Hall–Kier alpha value is -2.89. The van der Waals surface area contributed by atoms with Crippen LogP contribution in [0.25, 0.3) is 5.65 Å². The summed E-state index contributed by atoms with van der Waals surface area (Å²) in [5.41, 5.74) is 4.18. The number of nitrogens with one attached hydrogen (secondary N) is 2. The molecule has 0 atom stereocenters. The summed E-state index contributed by atoms with van der Waals surface area (Å²) in [5, 5.41) is 6.59. The molecule has 0 saturated carbocycles. The van der Waals surface area contributed by atoms with Gasteiger partial charge in [0, 0.05) is 43.8 Å². The molecule has 0 aliphatic heterocycles. The van der Waals surface area contributed by atoms with Gasteiger partial charge in [0.2, 0.25) is 0 Å². The highest BCUT2D eigenvalue weighted by Gasteiger charge is 2.04. The van der Waals surface area contributed by atoms with Crippen molar-refractivity contribution in [3.8, 4) is 0 Å². The molecule has 0 aromatic carbocycles. The first-order valence-electron chi connectivity index (χ1n) is 8.04. The molecule has 0 aliphatic rings. The van der Waals surface area contributed by atoms with Crippen molar-refractivity contribution in [1.29, 1.82) is 0 Å². The molecule has 0 unspecified atom stereocenters. The Morgan fingerprint density at radius 2 is 2.04 bits per heavy atom. The van der Waals surface area contributed by atoms with Crippen LogP contribution in [0.3, 0.4) is 0 Å². The fraction of sp³-hybridized carbons (Fsp3) is 0.278. The first kappa shape index (κ1) is 16.0. The minimum Gasteiger partial charge on any atom is -0.356 e. The number of imidazole rings is 1. The molecule has 3 aromatic heterocycles. The summed E-state index contributed by atoms with van der Waals surface area (Å²) in [4.78, 5) is 13.2. The summed E-state index contributed by atoms with van der Waals surface area (Å²) < 4.78 is 2.09. The molecular formula is C18H22N6. The van der Waals surface area contributed by atoms with Crippen molar-refractivity contribution in [1.82, 2.24) is 25.0 Å². The highest BCUT2D eigenvalue weighted by Crippen LogP contribution is 2.08. The van der Waals surface area contributed by atoms with Gasteiger partial charge in [0.05, 0.1) is 12.2 Å². The van der Waals surface area contributed by atoms with E-state index in [4.69, 9.17) is 0 Å². The van der Waals surface area contributed by atoms with Gasteiger partial charge in [0.1, 0.15) is 5.65 Å². The predicted molar refractivity (Wildman–Crippen MR) is 96.1 cm³/mol. The van der Waals surface area contributed by atoms with Crippen LogP contribution in [0.15, 0.2) is 53.8 Å². The van der Waals surface area contributed by atoms with Gasteiger partial charge in [-0.25, -0.2) is 4.98 Å². The largest absolute Gasteiger partial charge is 0.356 e. The molecule has 24 heavy (non-hydrogen) atoms. The zero-order valence-electron chi connectivity index (χ0n) is 14.0. The van der Waals surface area contributed by atoms with Crippen LogP contribution in [-0.2, 0) is 13.0 Å². The number of nitrogens with zero attached hydrogens (tertiary/aromatic N) is 4. The first-order valence-corrected chi connectivity index (χ1v) is 8.04. The number of hydrogen-bond acceptors (Lipinski definition) is 3. The number of pyridine rings is 2. The van der Waals surface area contributed by atoms with Crippen molar-refractivity contribution in [2.24, 2.45) is 4.99 Å². The Labute approximate surface area is 141 Å². The van der Waals surface area contributed by atoms with Crippen molar-refractivity contribution < 1.29 is 0 Å². The van der Waals surface area contributed by atoms with Crippen molar-refractivity contribution >= 4 is 11.6 Å². The lowest BCUT2D eigenvalue weighted by Gasteiger charge is -2.10. The number of guanidine groups is 1. The zero-order valence-corrected chi connectivity index (χ0v) is 14.0. The third-order valence-electron chi connectivity index (χ3n) is 3.81. The second-order valence-corrected chi connectivity index (χ2v) is 5.55. The van der Waals surface area contributed by atoms with Gasteiger partial charge in [0.15, 0.2) is 5.96 Å². The molecule has 3 heterocycles. The van der Waals surface area contributed by atoms with Crippen LogP contribution < -0.4 is 10.6 Å². The minimum absolute atomic E-state index is 0.629. The van der Waals surface area contributed by atoms with E-state index in [2.05, 4.69) is 49.2 Å². The van der Waals surface area contributed by atoms with Gasteiger partial charge in [-0.1, -0.05) is 12.1 Å². The summed E-state index contributed by atoms with van der Waals surface area (Å²) in [7, 11) is 1.77. The second-order valence-electron chi connectivity index (χ2n) is 5.55. The molecule has 3 rings (SSSR count). The predicted octanol–water partition coefficient (Wildman–Crippen LogP) is 1.95. The van der Waals surface area contributed by atoms with Crippen molar-refractivity contribution in [3.63, 3.8) is 0 Å². The Kier molecular flexibility index (Phi) is 5.05. The normalized spacial score (nSPS) is 11.7. The van der Waals surface area contributed by atoms with Gasteiger partial charge < -0.3 is 15.0 Å². The maximum absolute atomic E-state index is 4.62. The Bertz CT molecular complexity index is 822. The number of aromatic nitrogens is 3. The summed E-state index contributed by atoms with van der Waals surface area (Å²) in [6.45, 7) is 3.48. The molecule has 6 heteroatoms. The maximum Gasteiger partial charge on any atom is 0.191 e. The van der Waals surface area contributed by atoms with E-state index in [1.165, 1.54) is 5.69 Å². The van der Waals surface area contributed by atoms with E-state index in [0.717, 1.165) is 36.0 Å². The Balaban J connectivity index is 1.52.